The number of likely N-dealkylation sites (tertiary alicyclic amines) is 1. The number of pyridine rings is 1. The van der Waals surface area contributed by atoms with E-state index in [2.05, 4.69) is 15.2 Å². The highest BCUT2D eigenvalue weighted by molar-refractivity contribution is 5.33. The van der Waals surface area contributed by atoms with E-state index < -0.39 is 0 Å². The summed E-state index contributed by atoms with van der Waals surface area (Å²) >= 11 is 0. The number of hydrogen-bond acceptors (Lipinski definition) is 4. The molecule has 1 aliphatic rings. The summed E-state index contributed by atoms with van der Waals surface area (Å²) in [6.45, 7) is 5.26. The van der Waals surface area contributed by atoms with Crippen molar-refractivity contribution in [3.8, 4) is 0 Å². The Kier molecular flexibility index (Phi) is 4.76. The minimum Gasteiger partial charge on any atom is -0.383 e. The first kappa shape index (κ1) is 12.3. The van der Waals surface area contributed by atoms with Gasteiger partial charge in [-0.2, -0.15) is 0 Å². The van der Waals surface area contributed by atoms with Crippen molar-refractivity contribution in [3.05, 3.63) is 24.4 Å². The molecule has 4 heteroatoms. The highest BCUT2D eigenvalue weighted by Crippen LogP contribution is 2.16. The van der Waals surface area contributed by atoms with E-state index in [1.807, 2.05) is 24.4 Å². The highest BCUT2D eigenvalue weighted by atomic mass is 16.5. The number of ether oxygens (including phenoxy) is 1. The third-order valence-corrected chi connectivity index (χ3v) is 3.22. The zero-order valence-corrected chi connectivity index (χ0v) is 10.4. The van der Waals surface area contributed by atoms with Crippen LogP contribution in [0, 0.1) is 5.92 Å². The van der Waals surface area contributed by atoms with Crippen molar-refractivity contribution in [3.63, 3.8) is 0 Å². The van der Waals surface area contributed by atoms with Crippen molar-refractivity contribution >= 4 is 5.82 Å². The normalized spacial score (nSPS) is 20.6. The fraction of sp³-hybridized carbons (Fsp3) is 0.615. The fourth-order valence-electron chi connectivity index (χ4n) is 2.22. The Balaban J connectivity index is 1.68. The number of anilines is 1. The van der Waals surface area contributed by atoms with Gasteiger partial charge in [0.05, 0.1) is 6.61 Å². The molecule has 1 atom stereocenters. The first-order chi connectivity index (χ1) is 8.38. The molecule has 0 spiro atoms. The molecule has 1 aliphatic heterocycles. The molecule has 1 saturated heterocycles. The fourth-order valence-corrected chi connectivity index (χ4v) is 2.22. The molecule has 1 N–H and O–H groups in total. The molecule has 1 aromatic rings. The Hall–Kier alpha value is -1.13. The summed E-state index contributed by atoms with van der Waals surface area (Å²) in [6, 6.07) is 5.96. The van der Waals surface area contributed by atoms with Crippen molar-refractivity contribution in [2.24, 2.45) is 5.92 Å². The van der Waals surface area contributed by atoms with Crippen LogP contribution in [0.25, 0.3) is 0 Å². The lowest BCUT2D eigenvalue weighted by molar-refractivity contribution is 0.159. The predicted octanol–water partition coefficient (Wildman–Crippen LogP) is 1.46. The summed E-state index contributed by atoms with van der Waals surface area (Å²) in [7, 11) is 1.76. The molecule has 4 nitrogen and oxygen atoms in total. The van der Waals surface area contributed by atoms with E-state index in [0.717, 1.165) is 31.4 Å². The molecule has 0 saturated carbocycles. The molecule has 0 bridgehead atoms. The molecule has 1 aromatic heterocycles. The Labute approximate surface area is 103 Å². The largest absolute Gasteiger partial charge is 0.383 e. The number of aromatic nitrogens is 1. The molecule has 1 fully saturated rings. The van der Waals surface area contributed by atoms with Crippen molar-refractivity contribution in [2.45, 2.75) is 6.42 Å². The van der Waals surface area contributed by atoms with E-state index in [1.54, 1.807) is 7.11 Å². The molecule has 94 valence electrons. The average molecular weight is 235 g/mol. The maximum atomic E-state index is 5.10. The summed E-state index contributed by atoms with van der Waals surface area (Å²) in [6.07, 6.45) is 3.09. The van der Waals surface area contributed by atoms with E-state index in [4.69, 9.17) is 4.74 Å². The summed E-state index contributed by atoms with van der Waals surface area (Å²) < 4.78 is 5.10. The first-order valence-corrected chi connectivity index (χ1v) is 6.24. The SMILES string of the molecule is COCCN1CC[C@@H](CNc2ccccn2)C1. The third-order valence-electron chi connectivity index (χ3n) is 3.22. The van der Waals surface area contributed by atoms with Crippen molar-refractivity contribution in [1.29, 1.82) is 0 Å². The zero-order valence-electron chi connectivity index (χ0n) is 10.4. The van der Waals surface area contributed by atoms with Crippen LogP contribution in [0.15, 0.2) is 24.4 Å². The van der Waals surface area contributed by atoms with Gasteiger partial charge >= 0.3 is 0 Å². The van der Waals surface area contributed by atoms with Crippen LogP contribution < -0.4 is 5.32 Å². The van der Waals surface area contributed by atoms with Gasteiger partial charge in [0, 0.05) is 32.9 Å². The van der Waals surface area contributed by atoms with E-state index in [-0.39, 0.29) is 0 Å². The van der Waals surface area contributed by atoms with Gasteiger partial charge in [-0.05, 0) is 31.0 Å². The number of hydrogen-bond donors (Lipinski definition) is 1. The lowest BCUT2D eigenvalue weighted by Crippen LogP contribution is -2.26. The zero-order chi connectivity index (χ0) is 11.9. The van der Waals surface area contributed by atoms with Gasteiger partial charge in [-0.15, -0.1) is 0 Å². The Morgan fingerprint density at radius 1 is 1.53 bits per heavy atom. The molecule has 0 aliphatic carbocycles. The minimum absolute atomic E-state index is 0.730. The molecule has 0 unspecified atom stereocenters. The van der Waals surface area contributed by atoms with Crippen LogP contribution in [0.5, 0.6) is 0 Å². The maximum absolute atomic E-state index is 5.10. The quantitative estimate of drug-likeness (QED) is 0.810. The number of methoxy groups -OCH3 is 1. The monoisotopic (exact) mass is 235 g/mol. The number of rotatable bonds is 6. The van der Waals surface area contributed by atoms with Crippen LogP contribution in [-0.2, 0) is 4.74 Å². The van der Waals surface area contributed by atoms with Crippen LogP contribution in [0.1, 0.15) is 6.42 Å². The van der Waals surface area contributed by atoms with Crippen LogP contribution in [0.2, 0.25) is 0 Å². The minimum atomic E-state index is 0.730. The topological polar surface area (TPSA) is 37.4 Å². The lowest BCUT2D eigenvalue weighted by Gasteiger charge is -2.15. The van der Waals surface area contributed by atoms with Crippen LogP contribution in [0.3, 0.4) is 0 Å². The van der Waals surface area contributed by atoms with Crippen LogP contribution in [0.4, 0.5) is 5.82 Å². The average Bonchev–Trinajstić information content (AvgIpc) is 2.83. The number of nitrogens with zero attached hydrogens (tertiary/aromatic N) is 2. The van der Waals surface area contributed by atoms with E-state index >= 15 is 0 Å². The van der Waals surface area contributed by atoms with E-state index in [0.29, 0.717) is 0 Å². The van der Waals surface area contributed by atoms with E-state index in [9.17, 15) is 0 Å². The molecule has 0 amide bonds. The third kappa shape index (κ3) is 3.98. The first-order valence-electron chi connectivity index (χ1n) is 6.24. The van der Waals surface area contributed by atoms with Gasteiger partial charge in [-0.25, -0.2) is 4.98 Å². The molecule has 17 heavy (non-hydrogen) atoms. The van der Waals surface area contributed by atoms with Crippen molar-refractivity contribution in [1.82, 2.24) is 9.88 Å². The van der Waals surface area contributed by atoms with Crippen LogP contribution in [-0.4, -0.2) is 49.8 Å². The van der Waals surface area contributed by atoms with Crippen molar-refractivity contribution < 1.29 is 4.74 Å². The smallest absolute Gasteiger partial charge is 0.125 e. The van der Waals surface area contributed by atoms with Gasteiger partial charge in [0.2, 0.25) is 0 Å². The summed E-state index contributed by atoms with van der Waals surface area (Å²) in [4.78, 5) is 6.73. The van der Waals surface area contributed by atoms with Gasteiger partial charge in [-0.1, -0.05) is 6.07 Å². The molecule has 2 heterocycles. The van der Waals surface area contributed by atoms with Gasteiger partial charge in [0.1, 0.15) is 5.82 Å². The summed E-state index contributed by atoms with van der Waals surface area (Å²) in [5, 5.41) is 3.39. The molecule has 2 rings (SSSR count). The maximum Gasteiger partial charge on any atom is 0.125 e. The Bertz CT molecular complexity index is 318. The predicted molar refractivity (Wildman–Crippen MR) is 69.1 cm³/mol. The molecule has 0 radical (unpaired) electrons. The Morgan fingerprint density at radius 3 is 3.24 bits per heavy atom. The molecular formula is C13H21N3O. The van der Waals surface area contributed by atoms with Gasteiger partial charge in [0.25, 0.3) is 0 Å². The molecule has 0 aromatic carbocycles. The highest BCUT2D eigenvalue weighted by Gasteiger charge is 2.21. The Morgan fingerprint density at radius 2 is 2.47 bits per heavy atom. The summed E-state index contributed by atoms with van der Waals surface area (Å²) in [5.74, 6) is 1.71. The lowest BCUT2D eigenvalue weighted by atomic mass is 10.1. The number of nitrogens with one attached hydrogen (secondary N) is 1. The van der Waals surface area contributed by atoms with Crippen molar-refractivity contribution in [2.75, 3.05) is 45.2 Å². The van der Waals surface area contributed by atoms with Gasteiger partial charge < -0.3 is 15.0 Å². The second-order valence-corrected chi connectivity index (χ2v) is 4.54. The second kappa shape index (κ2) is 6.57. The molecular weight excluding hydrogens is 214 g/mol. The summed E-state index contributed by atoms with van der Waals surface area (Å²) in [5.41, 5.74) is 0. The van der Waals surface area contributed by atoms with Gasteiger partial charge in [-0.3, -0.25) is 0 Å². The van der Waals surface area contributed by atoms with Gasteiger partial charge in [0.15, 0.2) is 0 Å². The van der Waals surface area contributed by atoms with Crippen LogP contribution >= 0.6 is 0 Å². The van der Waals surface area contributed by atoms with E-state index in [1.165, 1.54) is 19.5 Å². The second-order valence-electron chi connectivity index (χ2n) is 4.54. The standard InChI is InChI=1S/C13H21N3O/c1-17-9-8-16-7-5-12(11-16)10-15-13-4-2-3-6-14-13/h2-4,6,12H,5,7-11H2,1H3,(H,14,15)/t12-/m0/s1.